The molecule has 0 fully saturated rings. The molecule has 2 rings (SSSR count). The number of aliphatic imine (C=N–C) groups is 1. The molecule has 0 spiro atoms. The number of ether oxygens (including phenoxy) is 1. The number of carbonyl (C=O) groups is 1. The largest absolute Gasteiger partial charge is 0.496 e. The Balaban J connectivity index is 2.25. The van der Waals surface area contributed by atoms with E-state index in [9.17, 15) is 9.59 Å². The molecule has 0 aliphatic carbocycles. The lowest BCUT2D eigenvalue weighted by atomic mass is 10.0. The number of amides is 1. The van der Waals surface area contributed by atoms with E-state index in [-0.39, 0.29) is 5.91 Å². The highest BCUT2D eigenvalue weighted by molar-refractivity contribution is 8.14. The molecular formula is C18H24N2O4S. The lowest BCUT2D eigenvalue weighted by molar-refractivity contribution is -0.125. The molecule has 1 N–H and O–H groups in total. The fourth-order valence-corrected chi connectivity index (χ4v) is 3.61. The molecule has 1 aliphatic rings. The molecule has 7 heteroatoms. The number of hydrogen-bond acceptors (Lipinski definition) is 6. The Hall–Kier alpha value is -2.02. The van der Waals surface area contributed by atoms with E-state index in [2.05, 4.69) is 16.9 Å². The van der Waals surface area contributed by atoms with Crippen molar-refractivity contribution in [3.8, 4) is 5.75 Å². The first-order valence-corrected chi connectivity index (χ1v) is 9.16. The van der Waals surface area contributed by atoms with Crippen LogP contribution in [0.25, 0.3) is 0 Å². The van der Waals surface area contributed by atoms with E-state index in [0.29, 0.717) is 23.7 Å². The van der Waals surface area contributed by atoms with Crippen molar-refractivity contribution in [1.82, 2.24) is 5.32 Å². The van der Waals surface area contributed by atoms with Gasteiger partial charge >= 0.3 is 5.63 Å². The predicted octanol–water partition coefficient (Wildman–Crippen LogP) is 3.09. The molecule has 1 aromatic rings. The van der Waals surface area contributed by atoms with Crippen molar-refractivity contribution >= 4 is 22.7 Å². The highest BCUT2D eigenvalue weighted by Gasteiger charge is 2.39. The summed E-state index contributed by atoms with van der Waals surface area (Å²) in [7, 11) is 1.48. The molecule has 1 unspecified atom stereocenters. The first-order valence-electron chi connectivity index (χ1n) is 8.17. The van der Waals surface area contributed by atoms with E-state index in [0.717, 1.165) is 17.0 Å². The SMILES string of the molecule is C=C(C)C1=NC(C)(C(=O)N[C@H](CCC)c2cc(OC)cc(=O)o2)CS1. The highest BCUT2D eigenvalue weighted by Crippen LogP contribution is 2.31. The van der Waals surface area contributed by atoms with Crippen LogP contribution in [-0.2, 0) is 4.79 Å². The molecular weight excluding hydrogens is 340 g/mol. The van der Waals surface area contributed by atoms with E-state index in [4.69, 9.17) is 9.15 Å². The fraction of sp³-hybridized carbons (Fsp3) is 0.500. The van der Waals surface area contributed by atoms with Gasteiger partial charge in [-0.25, -0.2) is 4.79 Å². The summed E-state index contributed by atoms with van der Waals surface area (Å²) in [5.41, 5.74) is -0.509. The summed E-state index contributed by atoms with van der Waals surface area (Å²) in [5, 5.41) is 3.78. The Morgan fingerprint density at radius 3 is 2.84 bits per heavy atom. The van der Waals surface area contributed by atoms with Crippen molar-refractivity contribution in [2.45, 2.75) is 45.2 Å². The van der Waals surface area contributed by atoms with Crippen molar-refractivity contribution in [3.63, 3.8) is 0 Å². The molecule has 0 aromatic carbocycles. The van der Waals surface area contributed by atoms with Gasteiger partial charge in [0.25, 0.3) is 0 Å². The number of nitrogens with zero attached hydrogens (tertiary/aromatic N) is 1. The van der Waals surface area contributed by atoms with Crippen LogP contribution in [0.2, 0.25) is 0 Å². The zero-order chi connectivity index (χ0) is 18.6. The van der Waals surface area contributed by atoms with Crippen LogP contribution in [0, 0.1) is 0 Å². The quantitative estimate of drug-likeness (QED) is 0.804. The summed E-state index contributed by atoms with van der Waals surface area (Å²) in [6, 6.07) is 2.49. The average molecular weight is 364 g/mol. The van der Waals surface area contributed by atoms with Gasteiger partial charge in [0.1, 0.15) is 17.0 Å². The summed E-state index contributed by atoms with van der Waals surface area (Å²) in [6.45, 7) is 9.56. The van der Waals surface area contributed by atoms with Gasteiger partial charge in [0, 0.05) is 11.8 Å². The van der Waals surface area contributed by atoms with Gasteiger partial charge in [0.15, 0.2) is 0 Å². The van der Waals surface area contributed by atoms with E-state index < -0.39 is 17.2 Å². The molecule has 25 heavy (non-hydrogen) atoms. The second-order valence-corrected chi connectivity index (χ2v) is 7.26. The number of hydrogen-bond donors (Lipinski definition) is 1. The first-order chi connectivity index (χ1) is 11.8. The number of methoxy groups -OCH3 is 1. The van der Waals surface area contributed by atoms with Crippen LogP contribution >= 0.6 is 11.8 Å². The molecule has 0 bridgehead atoms. The summed E-state index contributed by atoms with van der Waals surface area (Å²) >= 11 is 1.53. The van der Waals surface area contributed by atoms with Crippen LogP contribution in [0.3, 0.4) is 0 Å². The van der Waals surface area contributed by atoms with Crippen LogP contribution in [0.1, 0.15) is 45.4 Å². The Bertz CT molecular complexity index is 756. The topological polar surface area (TPSA) is 80.9 Å². The van der Waals surface area contributed by atoms with Crippen molar-refractivity contribution in [2.75, 3.05) is 12.9 Å². The maximum Gasteiger partial charge on any atom is 0.339 e. The third kappa shape index (κ3) is 4.54. The molecule has 1 aromatic heterocycles. The molecule has 0 radical (unpaired) electrons. The van der Waals surface area contributed by atoms with E-state index in [1.54, 1.807) is 13.0 Å². The van der Waals surface area contributed by atoms with Crippen LogP contribution < -0.4 is 15.7 Å². The van der Waals surface area contributed by atoms with E-state index >= 15 is 0 Å². The third-order valence-electron chi connectivity index (χ3n) is 3.92. The maximum absolute atomic E-state index is 12.8. The van der Waals surface area contributed by atoms with Gasteiger partial charge in [0.05, 0.1) is 24.3 Å². The number of carbonyl (C=O) groups excluding carboxylic acids is 1. The normalized spacial score (nSPS) is 20.7. The molecule has 1 aliphatic heterocycles. The molecule has 2 atom stereocenters. The lowest BCUT2D eigenvalue weighted by Crippen LogP contribution is -2.45. The van der Waals surface area contributed by atoms with Gasteiger partial charge in [-0.15, -0.1) is 11.8 Å². The Labute approximate surface area is 151 Å². The zero-order valence-electron chi connectivity index (χ0n) is 15.0. The van der Waals surface area contributed by atoms with Crippen LogP contribution in [0.4, 0.5) is 0 Å². The van der Waals surface area contributed by atoms with Crippen molar-refractivity contribution in [3.05, 3.63) is 40.5 Å². The average Bonchev–Trinajstić information content (AvgIpc) is 2.98. The molecule has 1 amide bonds. The fourth-order valence-electron chi connectivity index (χ4n) is 2.48. The summed E-state index contributed by atoms with van der Waals surface area (Å²) in [6.07, 6.45) is 1.46. The van der Waals surface area contributed by atoms with E-state index in [1.165, 1.54) is 24.9 Å². The minimum Gasteiger partial charge on any atom is -0.496 e. The zero-order valence-corrected chi connectivity index (χ0v) is 15.9. The Morgan fingerprint density at radius 1 is 1.56 bits per heavy atom. The van der Waals surface area contributed by atoms with Crippen molar-refractivity contribution in [2.24, 2.45) is 4.99 Å². The van der Waals surface area contributed by atoms with Gasteiger partial charge in [0.2, 0.25) is 5.91 Å². The van der Waals surface area contributed by atoms with E-state index in [1.807, 2.05) is 13.8 Å². The van der Waals surface area contributed by atoms with Gasteiger partial charge in [-0.3, -0.25) is 9.79 Å². The second kappa shape index (κ2) is 7.91. The summed E-state index contributed by atoms with van der Waals surface area (Å²) in [4.78, 5) is 29.1. The molecule has 0 saturated carbocycles. The molecule has 2 heterocycles. The number of rotatable bonds is 7. The van der Waals surface area contributed by atoms with Crippen LogP contribution in [0.15, 0.2) is 38.5 Å². The predicted molar refractivity (Wildman–Crippen MR) is 100 cm³/mol. The summed E-state index contributed by atoms with van der Waals surface area (Å²) < 4.78 is 10.4. The Kier molecular flexibility index (Phi) is 6.11. The second-order valence-electron chi connectivity index (χ2n) is 6.29. The first kappa shape index (κ1) is 19.3. The van der Waals surface area contributed by atoms with Gasteiger partial charge in [-0.05, 0) is 25.8 Å². The Morgan fingerprint density at radius 2 is 2.28 bits per heavy atom. The smallest absolute Gasteiger partial charge is 0.339 e. The van der Waals surface area contributed by atoms with Crippen molar-refractivity contribution in [1.29, 1.82) is 0 Å². The minimum atomic E-state index is -0.857. The van der Waals surface area contributed by atoms with Crippen LogP contribution in [-0.4, -0.2) is 29.4 Å². The van der Waals surface area contributed by atoms with Crippen LogP contribution in [0.5, 0.6) is 5.75 Å². The number of nitrogens with one attached hydrogen (secondary N) is 1. The maximum atomic E-state index is 12.8. The highest BCUT2D eigenvalue weighted by atomic mass is 32.2. The van der Waals surface area contributed by atoms with Gasteiger partial charge < -0.3 is 14.5 Å². The molecule has 0 saturated heterocycles. The minimum absolute atomic E-state index is 0.194. The monoisotopic (exact) mass is 364 g/mol. The third-order valence-corrected chi connectivity index (χ3v) is 5.34. The van der Waals surface area contributed by atoms with Crippen molar-refractivity contribution < 1.29 is 13.9 Å². The number of thioether (sulfide) groups is 1. The molecule has 136 valence electrons. The lowest BCUT2D eigenvalue weighted by Gasteiger charge is -2.24. The van der Waals surface area contributed by atoms with Gasteiger partial charge in [-0.1, -0.05) is 19.9 Å². The standard InChI is InChI=1S/C18H24N2O4S/c1-6-7-13(14-8-12(23-5)9-15(21)24-14)19-17(22)18(4)10-25-16(20-18)11(2)3/h8-9,13H,2,6-7,10H2,1,3-5H3,(H,19,22)/t13-,18?/m1/s1. The van der Waals surface area contributed by atoms with Gasteiger partial charge in [-0.2, -0.15) is 0 Å². The summed E-state index contributed by atoms with van der Waals surface area (Å²) in [5.74, 6) is 1.16. The molecule has 6 nitrogen and oxygen atoms in total.